The van der Waals surface area contributed by atoms with Crippen LogP contribution in [-0.4, -0.2) is 44.7 Å². The van der Waals surface area contributed by atoms with Crippen LogP contribution in [-0.2, 0) is 9.47 Å². The molecule has 0 saturated heterocycles. The lowest BCUT2D eigenvalue weighted by Crippen LogP contribution is -2.29. The molecule has 1 unspecified atom stereocenters. The average Bonchev–Trinajstić information content (AvgIpc) is 2.73. The molecular weight excluding hydrogens is 366 g/mol. The Balaban J connectivity index is 3.21. The fraction of sp³-hybridized carbons (Fsp3) is 0.958. The van der Waals surface area contributed by atoms with Gasteiger partial charge in [0.2, 0.25) is 0 Å². The molecule has 5 heteroatoms. The number of unbranched alkanes of at least 4 members (excludes halogenated alkanes) is 15. The Labute approximate surface area is 180 Å². The second-order valence-corrected chi connectivity index (χ2v) is 8.33. The first-order valence-corrected chi connectivity index (χ1v) is 12.2. The summed E-state index contributed by atoms with van der Waals surface area (Å²) in [6, 6.07) is 0. The van der Waals surface area contributed by atoms with Gasteiger partial charge in [0.25, 0.3) is 0 Å². The van der Waals surface area contributed by atoms with E-state index in [-0.39, 0.29) is 19.1 Å². The minimum atomic E-state index is -0.402. The molecule has 1 atom stereocenters. The molecule has 0 spiro atoms. The van der Waals surface area contributed by atoms with Crippen molar-refractivity contribution in [2.24, 2.45) is 5.92 Å². The molecule has 0 aromatic rings. The van der Waals surface area contributed by atoms with E-state index in [1.54, 1.807) is 7.11 Å². The third kappa shape index (κ3) is 21.7. The van der Waals surface area contributed by atoms with Gasteiger partial charge in [-0.2, -0.15) is 0 Å². The van der Waals surface area contributed by atoms with Gasteiger partial charge in [0.15, 0.2) is 0 Å². The van der Waals surface area contributed by atoms with Crippen molar-refractivity contribution in [1.29, 1.82) is 0 Å². The van der Waals surface area contributed by atoms with Gasteiger partial charge in [-0.25, -0.2) is 4.79 Å². The van der Waals surface area contributed by atoms with Gasteiger partial charge in [-0.3, -0.25) is 0 Å². The number of ether oxygens (including phenoxy) is 2. The van der Waals surface area contributed by atoms with Crippen LogP contribution < -0.4 is 5.32 Å². The molecule has 0 aromatic heterocycles. The predicted molar refractivity (Wildman–Crippen MR) is 121 cm³/mol. The van der Waals surface area contributed by atoms with Gasteiger partial charge in [-0.1, -0.05) is 103 Å². The van der Waals surface area contributed by atoms with Crippen LogP contribution in [0.15, 0.2) is 0 Å². The van der Waals surface area contributed by atoms with Crippen LogP contribution in [0.25, 0.3) is 0 Å². The monoisotopic (exact) mass is 415 g/mol. The second-order valence-electron chi connectivity index (χ2n) is 8.33. The summed E-state index contributed by atoms with van der Waals surface area (Å²) in [6.07, 6.45) is 21.1. The van der Waals surface area contributed by atoms with Crippen molar-refractivity contribution in [3.8, 4) is 0 Å². The standard InChI is InChI=1S/C24H49NO4/c1-3-4-5-6-7-8-9-10-11-12-13-14-15-16-17-18-19-25-24(27)29-22-23(20-26)21-28-2/h23,26H,3-22H2,1-2H3,(H,25,27). The summed E-state index contributed by atoms with van der Waals surface area (Å²) in [4.78, 5) is 11.6. The number of rotatable bonds is 22. The highest BCUT2D eigenvalue weighted by Gasteiger charge is 2.10. The van der Waals surface area contributed by atoms with Gasteiger partial charge in [0.05, 0.1) is 13.2 Å². The van der Waals surface area contributed by atoms with E-state index in [1.807, 2.05) is 0 Å². The molecule has 0 rings (SSSR count). The van der Waals surface area contributed by atoms with Crippen molar-refractivity contribution in [3.63, 3.8) is 0 Å². The molecule has 0 aliphatic carbocycles. The maximum Gasteiger partial charge on any atom is 0.407 e. The van der Waals surface area contributed by atoms with Gasteiger partial charge in [0, 0.05) is 19.6 Å². The Morgan fingerprint density at radius 1 is 0.759 bits per heavy atom. The lowest BCUT2D eigenvalue weighted by Gasteiger charge is -2.13. The molecule has 29 heavy (non-hydrogen) atoms. The van der Waals surface area contributed by atoms with Crippen molar-refractivity contribution < 1.29 is 19.4 Å². The fourth-order valence-electron chi connectivity index (χ4n) is 3.50. The van der Waals surface area contributed by atoms with Crippen molar-refractivity contribution in [2.45, 2.75) is 110 Å². The molecule has 0 fully saturated rings. The summed E-state index contributed by atoms with van der Waals surface area (Å²) in [5, 5.41) is 11.9. The molecule has 0 aromatic carbocycles. The quantitative estimate of drug-likeness (QED) is 0.206. The molecule has 2 N–H and O–H groups in total. The van der Waals surface area contributed by atoms with E-state index >= 15 is 0 Å². The van der Waals surface area contributed by atoms with Crippen LogP contribution in [0.4, 0.5) is 4.79 Å². The van der Waals surface area contributed by atoms with E-state index in [1.165, 1.54) is 89.9 Å². The van der Waals surface area contributed by atoms with E-state index in [0.717, 1.165) is 12.8 Å². The number of aliphatic hydroxyl groups is 1. The Morgan fingerprint density at radius 2 is 1.21 bits per heavy atom. The number of amides is 1. The van der Waals surface area contributed by atoms with Gasteiger partial charge in [-0.15, -0.1) is 0 Å². The Hall–Kier alpha value is -0.810. The zero-order chi connectivity index (χ0) is 21.4. The van der Waals surface area contributed by atoms with Crippen molar-refractivity contribution in [2.75, 3.05) is 33.5 Å². The maximum absolute atomic E-state index is 11.6. The topological polar surface area (TPSA) is 67.8 Å². The van der Waals surface area contributed by atoms with Gasteiger partial charge in [-0.05, 0) is 6.42 Å². The molecule has 0 saturated carbocycles. The minimum absolute atomic E-state index is 0.0414. The predicted octanol–water partition coefficient (Wildman–Crippen LogP) is 6.23. The molecule has 0 bridgehead atoms. The van der Waals surface area contributed by atoms with E-state index in [9.17, 15) is 4.79 Å². The molecule has 5 nitrogen and oxygen atoms in total. The van der Waals surface area contributed by atoms with Crippen LogP contribution >= 0.6 is 0 Å². The second kappa shape index (κ2) is 23.5. The van der Waals surface area contributed by atoms with E-state index in [4.69, 9.17) is 14.6 Å². The van der Waals surface area contributed by atoms with Gasteiger partial charge >= 0.3 is 6.09 Å². The molecular formula is C24H49NO4. The summed E-state index contributed by atoms with van der Waals surface area (Å²) in [6.45, 7) is 3.47. The molecule has 0 heterocycles. The Kier molecular flexibility index (Phi) is 22.8. The lowest BCUT2D eigenvalue weighted by atomic mass is 10.0. The highest BCUT2D eigenvalue weighted by atomic mass is 16.6. The van der Waals surface area contributed by atoms with Crippen LogP contribution in [0.3, 0.4) is 0 Å². The van der Waals surface area contributed by atoms with Crippen LogP contribution in [0.5, 0.6) is 0 Å². The van der Waals surface area contributed by atoms with E-state index in [2.05, 4.69) is 12.2 Å². The first-order chi connectivity index (χ1) is 14.2. The Morgan fingerprint density at radius 3 is 1.62 bits per heavy atom. The lowest BCUT2D eigenvalue weighted by molar-refractivity contribution is 0.0563. The number of aliphatic hydroxyl groups excluding tert-OH is 1. The number of hydrogen-bond acceptors (Lipinski definition) is 4. The first kappa shape index (κ1) is 28.2. The molecule has 174 valence electrons. The number of methoxy groups -OCH3 is 1. The normalized spacial score (nSPS) is 12.1. The van der Waals surface area contributed by atoms with Crippen LogP contribution in [0.1, 0.15) is 110 Å². The molecule has 0 aliphatic heterocycles. The average molecular weight is 416 g/mol. The molecule has 0 radical (unpaired) electrons. The summed E-state index contributed by atoms with van der Waals surface area (Å²) in [7, 11) is 1.57. The summed E-state index contributed by atoms with van der Waals surface area (Å²) >= 11 is 0. The highest BCUT2D eigenvalue weighted by Crippen LogP contribution is 2.13. The third-order valence-corrected chi connectivity index (χ3v) is 5.41. The molecule has 1 amide bonds. The van der Waals surface area contributed by atoms with Crippen LogP contribution in [0.2, 0.25) is 0 Å². The number of carbonyl (C=O) groups excluding carboxylic acids is 1. The first-order valence-electron chi connectivity index (χ1n) is 12.2. The van der Waals surface area contributed by atoms with Gasteiger partial charge < -0.3 is 19.9 Å². The van der Waals surface area contributed by atoms with Crippen molar-refractivity contribution >= 4 is 6.09 Å². The zero-order valence-electron chi connectivity index (χ0n) is 19.4. The maximum atomic E-state index is 11.6. The summed E-state index contributed by atoms with van der Waals surface area (Å²) < 4.78 is 10.0. The van der Waals surface area contributed by atoms with Crippen molar-refractivity contribution in [1.82, 2.24) is 5.32 Å². The zero-order valence-corrected chi connectivity index (χ0v) is 19.4. The van der Waals surface area contributed by atoms with E-state index in [0.29, 0.717) is 13.2 Å². The van der Waals surface area contributed by atoms with Crippen LogP contribution in [0, 0.1) is 5.92 Å². The smallest absolute Gasteiger partial charge is 0.407 e. The minimum Gasteiger partial charge on any atom is -0.449 e. The fourth-order valence-corrected chi connectivity index (χ4v) is 3.50. The third-order valence-electron chi connectivity index (χ3n) is 5.41. The van der Waals surface area contributed by atoms with E-state index < -0.39 is 6.09 Å². The highest BCUT2D eigenvalue weighted by molar-refractivity contribution is 5.67. The van der Waals surface area contributed by atoms with Crippen molar-refractivity contribution in [3.05, 3.63) is 0 Å². The summed E-state index contributed by atoms with van der Waals surface area (Å²) in [5.41, 5.74) is 0. The number of hydrogen-bond donors (Lipinski definition) is 2. The SMILES string of the molecule is CCCCCCCCCCCCCCCCCCNC(=O)OCC(CO)COC. The number of carbonyl (C=O) groups is 1. The largest absolute Gasteiger partial charge is 0.449 e. The molecule has 0 aliphatic rings. The number of alkyl carbamates (subject to hydrolysis) is 1. The Bertz CT molecular complexity index is 339. The summed E-state index contributed by atoms with van der Waals surface area (Å²) in [5.74, 6) is -0.152. The number of nitrogens with one attached hydrogen (secondary N) is 1. The van der Waals surface area contributed by atoms with Gasteiger partial charge in [0.1, 0.15) is 6.61 Å².